The molecule has 9 nitrogen and oxygen atoms in total. The maximum atomic E-state index is 13.6. The van der Waals surface area contributed by atoms with Gasteiger partial charge in [0.1, 0.15) is 11.4 Å². The van der Waals surface area contributed by atoms with Crippen molar-refractivity contribution >= 4 is 11.8 Å². The van der Waals surface area contributed by atoms with Gasteiger partial charge in [0.05, 0.1) is 25.3 Å². The van der Waals surface area contributed by atoms with Crippen molar-refractivity contribution in [3.63, 3.8) is 0 Å². The second-order valence-electron chi connectivity index (χ2n) is 12.3. The number of carbonyl (C=O) groups is 2. The van der Waals surface area contributed by atoms with Crippen LogP contribution in [0, 0.1) is 0 Å². The van der Waals surface area contributed by atoms with E-state index in [0.29, 0.717) is 6.42 Å². The number of pyridine rings is 1. The smallest absolute Gasteiger partial charge is 0.268 e. The van der Waals surface area contributed by atoms with E-state index < -0.39 is 29.5 Å². The van der Waals surface area contributed by atoms with Crippen molar-refractivity contribution in [2.24, 2.45) is 0 Å². The highest BCUT2D eigenvalue weighted by atomic mass is 16.5. The van der Waals surface area contributed by atoms with E-state index in [0.717, 1.165) is 54.5 Å². The molecule has 9 heteroatoms. The van der Waals surface area contributed by atoms with Crippen LogP contribution in [0.15, 0.2) is 102 Å². The number of rotatable bonds is 13. The largest absolute Gasteiger partial charge is 0.497 e. The van der Waals surface area contributed by atoms with E-state index in [4.69, 9.17) is 4.74 Å². The number of hydrogen-bond acceptors (Lipinski definition) is 6. The predicted molar refractivity (Wildman–Crippen MR) is 183 cm³/mol. The predicted octanol–water partition coefficient (Wildman–Crippen LogP) is 5.03. The molecule has 0 radical (unpaired) electrons. The summed E-state index contributed by atoms with van der Waals surface area (Å²) in [5, 5.41) is 21.1. The highest BCUT2D eigenvalue weighted by Gasteiger charge is 2.35. The van der Waals surface area contributed by atoms with Crippen LogP contribution in [0.3, 0.4) is 0 Å². The maximum absolute atomic E-state index is 13.6. The third kappa shape index (κ3) is 8.75. The summed E-state index contributed by atoms with van der Waals surface area (Å²) in [5.74, 6) is -0.279. The van der Waals surface area contributed by atoms with E-state index in [1.54, 1.807) is 7.11 Å². The van der Waals surface area contributed by atoms with Gasteiger partial charge in [-0.2, -0.15) is 0 Å². The van der Waals surface area contributed by atoms with Gasteiger partial charge in [0.25, 0.3) is 11.8 Å². The minimum atomic E-state index is -0.964. The van der Waals surface area contributed by atoms with Crippen molar-refractivity contribution in [2.45, 2.75) is 69.2 Å². The summed E-state index contributed by atoms with van der Waals surface area (Å²) in [6.07, 6.45) is 4.51. The van der Waals surface area contributed by atoms with E-state index in [1.807, 2.05) is 85.8 Å². The van der Waals surface area contributed by atoms with Crippen LogP contribution in [0.4, 0.5) is 0 Å². The molecule has 5 rings (SSSR count). The van der Waals surface area contributed by atoms with Crippen LogP contribution < -0.4 is 26.2 Å². The number of methoxy groups -OCH3 is 1. The fourth-order valence-corrected chi connectivity index (χ4v) is 6.38. The molecule has 0 aliphatic heterocycles. The molecule has 2 amide bonds. The highest BCUT2D eigenvalue weighted by Crippen LogP contribution is 2.38. The molecule has 3 atom stereocenters. The Balaban J connectivity index is 1.34. The second kappa shape index (κ2) is 15.7. The minimum absolute atomic E-state index is 0.0617. The van der Waals surface area contributed by atoms with Gasteiger partial charge in [-0.1, -0.05) is 92.1 Å². The zero-order chi connectivity index (χ0) is 33.2. The Labute approximate surface area is 275 Å². The quantitative estimate of drug-likeness (QED) is 0.140. The lowest BCUT2D eigenvalue weighted by molar-refractivity contribution is 0.0784. The number of nitrogens with one attached hydrogen (secondary N) is 4. The van der Waals surface area contributed by atoms with Crippen LogP contribution in [0.5, 0.6) is 5.75 Å². The van der Waals surface area contributed by atoms with Crippen molar-refractivity contribution in [3.05, 3.63) is 135 Å². The van der Waals surface area contributed by atoms with Crippen molar-refractivity contribution in [1.29, 1.82) is 0 Å². The highest BCUT2D eigenvalue weighted by molar-refractivity contribution is 5.98. The van der Waals surface area contributed by atoms with Crippen LogP contribution in [0.2, 0.25) is 0 Å². The zero-order valence-corrected chi connectivity index (χ0v) is 27.0. The molecule has 0 bridgehead atoms. The van der Waals surface area contributed by atoms with Gasteiger partial charge < -0.3 is 30.8 Å². The number of aromatic amines is 1. The molecule has 1 fully saturated rings. The number of amides is 2. The molecule has 4 aromatic rings. The van der Waals surface area contributed by atoms with E-state index in [1.165, 1.54) is 12.1 Å². The molecule has 1 aliphatic rings. The molecule has 1 aromatic heterocycles. The van der Waals surface area contributed by atoms with Gasteiger partial charge in [-0.15, -0.1) is 0 Å². The van der Waals surface area contributed by atoms with Crippen molar-refractivity contribution in [3.8, 4) is 5.75 Å². The first-order valence-electron chi connectivity index (χ1n) is 16.3. The summed E-state index contributed by atoms with van der Waals surface area (Å²) in [6, 6.07) is 28.7. The lowest BCUT2D eigenvalue weighted by Crippen LogP contribution is -2.53. The molecule has 3 aromatic carbocycles. The lowest BCUT2D eigenvalue weighted by atomic mass is 9.76. The molecule has 0 unspecified atom stereocenters. The summed E-state index contributed by atoms with van der Waals surface area (Å²) in [7, 11) is 1.65. The molecule has 0 spiro atoms. The summed E-state index contributed by atoms with van der Waals surface area (Å²) in [6.45, 7) is 2.08. The van der Waals surface area contributed by atoms with Crippen LogP contribution >= 0.6 is 0 Å². The average Bonchev–Trinajstić information content (AvgIpc) is 3.11. The molecule has 1 saturated carbocycles. The van der Waals surface area contributed by atoms with Gasteiger partial charge >= 0.3 is 0 Å². The third-order valence-corrected chi connectivity index (χ3v) is 9.06. The number of benzene rings is 3. The number of carbonyl (C=O) groups excluding carboxylic acids is 2. The number of hydrogen-bond donors (Lipinski definition) is 5. The van der Waals surface area contributed by atoms with Crippen LogP contribution in [-0.2, 0) is 12.0 Å². The Morgan fingerprint density at radius 2 is 1.57 bits per heavy atom. The Bertz CT molecular complexity index is 1690. The molecular formula is C38H44N4O5. The molecule has 5 N–H and O–H groups in total. The minimum Gasteiger partial charge on any atom is -0.497 e. The molecule has 0 saturated heterocycles. The van der Waals surface area contributed by atoms with E-state index in [-0.39, 0.29) is 29.4 Å². The van der Waals surface area contributed by atoms with Crippen LogP contribution in [-0.4, -0.2) is 47.7 Å². The topological polar surface area (TPSA) is 133 Å². The van der Waals surface area contributed by atoms with Gasteiger partial charge in [0.2, 0.25) is 5.56 Å². The number of aliphatic hydroxyl groups is 1. The first kappa shape index (κ1) is 33.6. The van der Waals surface area contributed by atoms with Crippen LogP contribution in [0.1, 0.15) is 82.6 Å². The molecule has 1 aliphatic carbocycles. The monoisotopic (exact) mass is 636 g/mol. The van der Waals surface area contributed by atoms with Gasteiger partial charge in [0.15, 0.2) is 0 Å². The molecule has 246 valence electrons. The fourth-order valence-electron chi connectivity index (χ4n) is 6.38. The first-order valence-corrected chi connectivity index (χ1v) is 16.3. The first-order chi connectivity index (χ1) is 22.8. The Kier molecular flexibility index (Phi) is 11.2. The Morgan fingerprint density at radius 3 is 2.28 bits per heavy atom. The van der Waals surface area contributed by atoms with E-state index >= 15 is 0 Å². The van der Waals surface area contributed by atoms with Crippen LogP contribution in [0.25, 0.3) is 0 Å². The van der Waals surface area contributed by atoms with Gasteiger partial charge in [-0.3, -0.25) is 14.4 Å². The van der Waals surface area contributed by atoms with Crippen molar-refractivity contribution in [1.82, 2.24) is 20.9 Å². The lowest BCUT2D eigenvalue weighted by Gasteiger charge is -2.40. The summed E-state index contributed by atoms with van der Waals surface area (Å²) < 4.78 is 5.50. The number of H-pyrrole nitrogens is 1. The number of aliphatic hydroxyl groups excluding tert-OH is 1. The normalized spacial score (nSPS) is 16.0. The van der Waals surface area contributed by atoms with Gasteiger partial charge in [-0.25, -0.2) is 0 Å². The zero-order valence-electron chi connectivity index (χ0n) is 27.0. The van der Waals surface area contributed by atoms with E-state index in [2.05, 4.69) is 27.0 Å². The summed E-state index contributed by atoms with van der Waals surface area (Å²) in [5.41, 5.74) is 2.06. The summed E-state index contributed by atoms with van der Waals surface area (Å²) in [4.78, 5) is 41.9. The number of ether oxygens (including phenoxy) is 1. The third-order valence-electron chi connectivity index (χ3n) is 9.06. The fraction of sp³-hybridized carbons (Fsp3) is 0.342. The Morgan fingerprint density at radius 1 is 0.872 bits per heavy atom. The van der Waals surface area contributed by atoms with Gasteiger partial charge in [-0.05, 0) is 61.1 Å². The van der Waals surface area contributed by atoms with Crippen molar-refractivity contribution in [2.75, 3.05) is 13.7 Å². The van der Waals surface area contributed by atoms with E-state index in [9.17, 15) is 19.5 Å². The molecular weight excluding hydrogens is 592 g/mol. The average molecular weight is 637 g/mol. The second-order valence-corrected chi connectivity index (χ2v) is 12.3. The van der Waals surface area contributed by atoms with Crippen molar-refractivity contribution < 1.29 is 19.4 Å². The van der Waals surface area contributed by atoms with Gasteiger partial charge in [0, 0.05) is 23.7 Å². The SMILES string of the molecule is COc1cccc(C2(NC[C@@H](O)[C@H](Cc3ccccc3)NC(=O)c3cc(C(=O)N[C@H](C)c4ccccc4)cc(=O)[nH]3)CCCCC2)c1. The molecule has 47 heavy (non-hydrogen) atoms. The molecule has 1 heterocycles. The maximum Gasteiger partial charge on any atom is 0.268 e. The standard InChI is InChI=1S/C38H44N4O5/c1-26(28-15-8-4-9-16-28)40-36(45)29-22-33(41-35(44)23-29)37(46)42-32(21-27-13-6-3-7-14-27)34(43)25-39-38(19-10-5-11-20-38)30-17-12-18-31(24-30)47-2/h3-4,6-9,12-18,22-24,26,32,34,39,43H,5,10-11,19-21,25H2,1-2H3,(H,40,45)(H,41,44)(H,42,46)/t26-,32+,34-/m1/s1. The number of aromatic nitrogens is 1. The summed E-state index contributed by atoms with van der Waals surface area (Å²) >= 11 is 0. The Hall–Kier alpha value is -4.73.